The molecule has 2 heterocycles. The SMILES string of the molecule is CCCC(c1ccc(C(=O)CC)s1)n1ccnc1. The molecule has 0 saturated carbocycles. The molecule has 2 rings (SSSR count). The van der Waals surface area contributed by atoms with Gasteiger partial charge in [0.25, 0.3) is 0 Å². The van der Waals surface area contributed by atoms with Crippen LogP contribution in [0.1, 0.15) is 53.7 Å². The van der Waals surface area contributed by atoms with Crippen LogP contribution in [-0.2, 0) is 0 Å². The van der Waals surface area contributed by atoms with Crippen molar-refractivity contribution in [2.24, 2.45) is 0 Å². The summed E-state index contributed by atoms with van der Waals surface area (Å²) in [5.74, 6) is 0.229. The van der Waals surface area contributed by atoms with E-state index in [0.717, 1.165) is 17.7 Å². The van der Waals surface area contributed by atoms with Gasteiger partial charge in [0.05, 0.1) is 17.2 Å². The van der Waals surface area contributed by atoms with Crippen molar-refractivity contribution in [1.82, 2.24) is 9.55 Å². The molecule has 0 spiro atoms. The smallest absolute Gasteiger partial charge is 0.172 e. The summed E-state index contributed by atoms with van der Waals surface area (Å²) in [7, 11) is 0. The second kappa shape index (κ2) is 5.96. The van der Waals surface area contributed by atoms with Crippen LogP contribution in [0.2, 0.25) is 0 Å². The molecule has 0 aliphatic carbocycles. The lowest BCUT2D eigenvalue weighted by atomic mass is 10.1. The van der Waals surface area contributed by atoms with Gasteiger partial charge in [-0.05, 0) is 18.6 Å². The fourth-order valence-corrected chi connectivity index (χ4v) is 3.18. The van der Waals surface area contributed by atoms with Gasteiger partial charge in [0.1, 0.15) is 0 Å². The second-order valence-corrected chi connectivity index (χ2v) is 5.41. The molecule has 0 N–H and O–H groups in total. The molecule has 2 aromatic rings. The normalized spacial score (nSPS) is 12.6. The van der Waals surface area contributed by atoms with Gasteiger partial charge in [-0.1, -0.05) is 20.3 Å². The topological polar surface area (TPSA) is 34.9 Å². The maximum absolute atomic E-state index is 11.7. The highest BCUT2D eigenvalue weighted by atomic mass is 32.1. The lowest BCUT2D eigenvalue weighted by Gasteiger charge is -2.15. The molecule has 96 valence electrons. The maximum atomic E-state index is 11.7. The molecule has 0 saturated heterocycles. The van der Waals surface area contributed by atoms with Crippen LogP contribution in [0.5, 0.6) is 0 Å². The summed E-state index contributed by atoms with van der Waals surface area (Å²) in [6, 6.07) is 4.33. The zero-order chi connectivity index (χ0) is 13.0. The van der Waals surface area contributed by atoms with E-state index in [0.29, 0.717) is 12.5 Å². The number of thiophene rings is 1. The van der Waals surface area contributed by atoms with Crippen molar-refractivity contribution in [3.63, 3.8) is 0 Å². The Hall–Kier alpha value is -1.42. The highest BCUT2D eigenvalue weighted by Gasteiger charge is 2.16. The Morgan fingerprint density at radius 1 is 1.44 bits per heavy atom. The lowest BCUT2D eigenvalue weighted by Crippen LogP contribution is -2.06. The fraction of sp³-hybridized carbons (Fsp3) is 0.429. The quantitative estimate of drug-likeness (QED) is 0.739. The van der Waals surface area contributed by atoms with Crippen molar-refractivity contribution >= 4 is 17.1 Å². The van der Waals surface area contributed by atoms with Gasteiger partial charge in [-0.2, -0.15) is 0 Å². The van der Waals surface area contributed by atoms with Gasteiger partial charge in [0.15, 0.2) is 5.78 Å². The molecule has 2 aromatic heterocycles. The van der Waals surface area contributed by atoms with Crippen molar-refractivity contribution in [2.45, 2.75) is 39.2 Å². The van der Waals surface area contributed by atoms with E-state index in [4.69, 9.17) is 0 Å². The van der Waals surface area contributed by atoms with E-state index < -0.39 is 0 Å². The Labute approximate surface area is 111 Å². The van der Waals surface area contributed by atoms with Crippen molar-refractivity contribution in [3.8, 4) is 0 Å². The van der Waals surface area contributed by atoms with Crippen molar-refractivity contribution in [1.29, 1.82) is 0 Å². The Morgan fingerprint density at radius 3 is 2.89 bits per heavy atom. The third-order valence-electron chi connectivity index (χ3n) is 3.00. The molecule has 0 aliphatic heterocycles. The molecular weight excluding hydrogens is 244 g/mol. The standard InChI is InChI=1S/C14H18N2OS/c1-3-5-11(16-9-8-15-10-16)13-6-7-14(18-13)12(17)4-2/h6-11H,3-5H2,1-2H3. The molecule has 0 bridgehead atoms. The number of carbonyl (C=O) groups is 1. The van der Waals surface area contributed by atoms with Crippen LogP contribution >= 0.6 is 11.3 Å². The Morgan fingerprint density at radius 2 is 2.28 bits per heavy atom. The summed E-state index contributed by atoms with van der Waals surface area (Å²) in [6.07, 6.45) is 8.38. The van der Waals surface area contributed by atoms with Gasteiger partial charge in [0.2, 0.25) is 0 Å². The molecule has 3 nitrogen and oxygen atoms in total. The van der Waals surface area contributed by atoms with E-state index in [1.807, 2.05) is 25.5 Å². The number of carbonyl (C=O) groups excluding carboxylic acids is 1. The van der Waals surface area contributed by atoms with Crippen LogP contribution in [0.3, 0.4) is 0 Å². The van der Waals surface area contributed by atoms with Gasteiger partial charge in [0, 0.05) is 23.7 Å². The van der Waals surface area contributed by atoms with Gasteiger partial charge < -0.3 is 4.57 Å². The van der Waals surface area contributed by atoms with Crippen LogP contribution in [0, 0.1) is 0 Å². The first kappa shape index (κ1) is 13.0. The van der Waals surface area contributed by atoms with Crippen LogP contribution in [-0.4, -0.2) is 15.3 Å². The van der Waals surface area contributed by atoms with Gasteiger partial charge in [-0.25, -0.2) is 4.98 Å². The number of hydrogen-bond acceptors (Lipinski definition) is 3. The van der Waals surface area contributed by atoms with Crippen molar-refractivity contribution < 1.29 is 4.79 Å². The summed E-state index contributed by atoms with van der Waals surface area (Å²) < 4.78 is 2.12. The maximum Gasteiger partial charge on any atom is 0.172 e. The molecule has 0 radical (unpaired) electrons. The third kappa shape index (κ3) is 2.70. The molecule has 1 atom stereocenters. The minimum Gasteiger partial charge on any atom is -0.329 e. The molecule has 0 aromatic carbocycles. The lowest BCUT2D eigenvalue weighted by molar-refractivity contribution is 0.0992. The zero-order valence-corrected chi connectivity index (χ0v) is 11.6. The number of aromatic nitrogens is 2. The zero-order valence-electron chi connectivity index (χ0n) is 10.8. The average molecular weight is 262 g/mol. The van der Waals surface area contributed by atoms with E-state index in [1.165, 1.54) is 4.88 Å². The fourth-order valence-electron chi connectivity index (χ4n) is 2.02. The average Bonchev–Trinajstić information content (AvgIpc) is 3.06. The molecule has 0 fully saturated rings. The number of Topliss-reactive ketones (excluding diaryl/α,β-unsaturated/α-hetero) is 1. The van der Waals surface area contributed by atoms with Crippen molar-refractivity contribution in [3.05, 3.63) is 40.6 Å². The van der Waals surface area contributed by atoms with Crippen LogP contribution in [0.25, 0.3) is 0 Å². The first-order chi connectivity index (χ1) is 8.76. The number of hydrogen-bond donors (Lipinski definition) is 0. The minimum atomic E-state index is 0.229. The summed E-state index contributed by atoms with van der Waals surface area (Å²) >= 11 is 1.61. The van der Waals surface area contributed by atoms with E-state index in [-0.39, 0.29) is 5.78 Å². The monoisotopic (exact) mass is 262 g/mol. The number of rotatable bonds is 6. The summed E-state index contributed by atoms with van der Waals surface area (Å²) in [4.78, 5) is 17.9. The van der Waals surface area contributed by atoms with Crippen molar-refractivity contribution in [2.75, 3.05) is 0 Å². The molecule has 1 unspecified atom stereocenters. The Bertz CT molecular complexity index is 502. The van der Waals surface area contributed by atoms with E-state index in [2.05, 4.69) is 22.5 Å². The van der Waals surface area contributed by atoms with Crippen LogP contribution in [0.4, 0.5) is 0 Å². The highest BCUT2D eigenvalue weighted by molar-refractivity contribution is 7.14. The number of nitrogens with zero attached hydrogens (tertiary/aromatic N) is 2. The van der Waals surface area contributed by atoms with E-state index >= 15 is 0 Å². The van der Waals surface area contributed by atoms with E-state index in [9.17, 15) is 4.79 Å². The molecule has 4 heteroatoms. The Kier molecular flexibility index (Phi) is 4.31. The third-order valence-corrected chi connectivity index (χ3v) is 4.23. The predicted molar refractivity (Wildman–Crippen MR) is 74.2 cm³/mol. The molecular formula is C14H18N2OS. The summed E-state index contributed by atoms with van der Waals surface area (Å²) in [5, 5.41) is 0. The van der Waals surface area contributed by atoms with Crippen LogP contribution < -0.4 is 0 Å². The molecule has 0 amide bonds. The van der Waals surface area contributed by atoms with Crippen LogP contribution in [0.15, 0.2) is 30.9 Å². The van der Waals surface area contributed by atoms with Gasteiger partial charge in [-0.3, -0.25) is 4.79 Å². The largest absolute Gasteiger partial charge is 0.329 e. The summed E-state index contributed by atoms with van der Waals surface area (Å²) in [5.41, 5.74) is 0. The van der Waals surface area contributed by atoms with Gasteiger partial charge in [-0.15, -0.1) is 11.3 Å². The second-order valence-electron chi connectivity index (χ2n) is 4.29. The first-order valence-electron chi connectivity index (χ1n) is 6.36. The number of imidazole rings is 1. The molecule has 0 aliphatic rings. The van der Waals surface area contributed by atoms with Gasteiger partial charge >= 0.3 is 0 Å². The predicted octanol–water partition coefficient (Wildman–Crippen LogP) is 3.93. The number of ketones is 1. The minimum absolute atomic E-state index is 0.229. The summed E-state index contributed by atoms with van der Waals surface area (Å²) in [6.45, 7) is 4.08. The van der Waals surface area contributed by atoms with E-state index in [1.54, 1.807) is 17.5 Å². The first-order valence-corrected chi connectivity index (χ1v) is 7.18. The Balaban J connectivity index is 2.26. The highest BCUT2D eigenvalue weighted by Crippen LogP contribution is 2.30. The molecule has 18 heavy (non-hydrogen) atoms.